The van der Waals surface area contributed by atoms with Crippen molar-refractivity contribution in [2.45, 2.75) is 6.54 Å². The minimum absolute atomic E-state index is 0.0404. The van der Waals surface area contributed by atoms with Crippen LogP contribution in [0.3, 0.4) is 0 Å². The second kappa shape index (κ2) is 5.09. The number of hydrogen-bond acceptors (Lipinski definition) is 4. The first kappa shape index (κ1) is 11.8. The van der Waals surface area contributed by atoms with Crippen LogP contribution in [0.1, 0.15) is 15.9 Å². The van der Waals surface area contributed by atoms with Crippen LogP contribution in [0.25, 0.3) is 0 Å². The number of nitrogens with one attached hydrogen (secondary N) is 2. The van der Waals surface area contributed by atoms with E-state index in [2.05, 4.69) is 15.5 Å². The summed E-state index contributed by atoms with van der Waals surface area (Å²) in [4.78, 5) is 21.7. The predicted octanol–water partition coefficient (Wildman–Crippen LogP) is 1.25. The van der Waals surface area contributed by atoms with Crippen LogP contribution in [0.2, 0.25) is 0 Å². The van der Waals surface area contributed by atoms with Crippen LogP contribution in [-0.2, 0) is 6.54 Å². The third-order valence-corrected chi connectivity index (χ3v) is 2.35. The summed E-state index contributed by atoms with van der Waals surface area (Å²) < 4.78 is 0. The maximum atomic E-state index is 11.7. The van der Waals surface area contributed by atoms with Gasteiger partial charge in [0, 0.05) is 36.0 Å². The van der Waals surface area contributed by atoms with Gasteiger partial charge in [-0.05, 0) is 12.1 Å². The van der Waals surface area contributed by atoms with Crippen molar-refractivity contribution in [1.82, 2.24) is 15.5 Å². The summed E-state index contributed by atoms with van der Waals surface area (Å²) in [6.07, 6.45) is 3.28. The van der Waals surface area contributed by atoms with E-state index in [0.717, 1.165) is 5.56 Å². The standard InChI is InChI=1S/C11H10N4O3/c16-11(12-5-8-6-13-14-7-8)9-1-3-10(4-2-9)15(17)18/h1-4,6-7H,5H2,(H,12,16)(H,13,14). The van der Waals surface area contributed by atoms with Crippen LogP contribution in [0.4, 0.5) is 5.69 Å². The van der Waals surface area contributed by atoms with Crippen molar-refractivity contribution in [2.24, 2.45) is 0 Å². The molecule has 2 rings (SSSR count). The third-order valence-electron chi connectivity index (χ3n) is 2.35. The molecule has 0 aliphatic carbocycles. The average Bonchev–Trinajstić information content (AvgIpc) is 2.89. The molecule has 0 saturated heterocycles. The molecule has 7 heteroatoms. The first-order chi connectivity index (χ1) is 8.66. The van der Waals surface area contributed by atoms with Crippen molar-refractivity contribution in [1.29, 1.82) is 0 Å². The summed E-state index contributed by atoms with van der Waals surface area (Å²) in [5.41, 5.74) is 1.19. The molecule has 0 unspecified atom stereocenters. The van der Waals surface area contributed by atoms with Crippen LogP contribution in [0.5, 0.6) is 0 Å². The van der Waals surface area contributed by atoms with Crippen molar-refractivity contribution in [3.05, 3.63) is 57.9 Å². The summed E-state index contributed by atoms with van der Waals surface area (Å²) >= 11 is 0. The quantitative estimate of drug-likeness (QED) is 0.626. The number of hydrogen-bond donors (Lipinski definition) is 2. The first-order valence-electron chi connectivity index (χ1n) is 5.17. The number of carbonyl (C=O) groups excluding carboxylic acids is 1. The molecule has 0 bridgehead atoms. The molecule has 92 valence electrons. The minimum atomic E-state index is -0.507. The molecule has 0 fully saturated rings. The number of aromatic amines is 1. The maximum Gasteiger partial charge on any atom is 0.269 e. The second-order valence-corrected chi connectivity index (χ2v) is 3.59. The van der Waals surface area contributed by atoms with Gasteiger partial charge in [-0.3, -0.25) is 20.0 Å². The Morgan fingerprint density at radius 3 is 2.67 bits per heavy atom. The number of H-pyrrole nitrogens is 1. The molecule has 0 saturated carbocycles. The highest BCUT2D eigenvalue weighted by atomic mass is 16.6. The van der Waals surface area contributed by atoms with E-state index in [1.54, 1.807) is 12.4 Å². The number of nitro benzene ring substituents is 1. The van der Waals surface area contributed by atoms with Crippen LogP contribution in [0, 0.1) is 10.1 Å². The van der Waals surface area contributed by atoms with Crippen molar-refractivity contribution in [3.8, 4) is 0 Å². The van der Waals surface area contributed by atoms with Crippen molar-refractivity contribution < 1.29 is 9.72 Å². The summed E-state index contributed by atoms with van der Waals surface area (Å²) in [7, 11) is 0. The Balaban J connectivity index is 1.98. The number of amides is 1. The lowest BCUT2D eigenvalue weighted by molar-refractivity contribution is -0.384. The molecule has 1 heterocycles. The second-order valence-electron chi connectivity index (χ2n) is 3.59. The smallest absolute Gasteiger partial charge is 0.269 e. The van der Waals surface area contributed by atoms with Crippen molar-refractivity contribution in [3.63, 3.8) is 0 Å². The largest absolute Gasteiger partial charge is 0.348 e. The van der Waals surface area contributed by atoms with E-state index in [-0.39, 0.29) is 11.6 Å². The lowest BCUT2D eigenvalue weighted by Gasteiger charge is -2.03. The van der Waals surface area contributed by atoms with Gasteiger partial charge in [0.05, 0.1) is 11.1 Å². The molecule has 7 nitrogen and oxygen atoms in total. The topological polar surface area (TPSA) is 101 Å². The Hall–Kier alpha value is -2.70. The molecule has 0 radical (unpaired) electrons. The molecule has 1 aromatic carbocycles. The minimum Gasteiger partial charge on any atom is -0.348 e. The normalized spacial score (nSPS) is 10.0. The first-order valence-corrected chi connectivity index (χ1v) is 5.17. The number of carbonyl (C=O) groups is 1. The molecule has 0 aliphatic heterocycles. The molecule has 1 amide bonds. The van der Waals surface area contributed by atoms with E-state index in [9.17, 15) is 14.9 Å². The van der Waals surface area contributed by atoms with E-state index < -0.39 is 4.92 Å². The van der Waals surface area contributed by atoms with E-state index in [1.165, 1.54) is 24.3 Å². The summed E-state index contributed by atoms with van der Waals surface area (Å²) in [5.74, 6) is -0.286. The fourth-order valence-electron chi connectivity index (χ4n) is 1.39. The molecular weight excluding hydrogens is 236 g/mol. The molecule has 2 N–H and O–H groups in total. The number of nitrogens with zero attached hydrogens (tertiary/aromatic N) is 2. The lowest BCUT2D eigenvalue weighted by Crippen LogP contribution is -2.22. The van der Waals surface area contributed by atoms with Crippen LogP contribution < -0.4 is 5.32 Å². The highest BCUT2D eigenvalue weighted by Gasteiger charge is 2.09. The van der Waals surface area contributed by atoms with Crippen LogP contribution >= 0.6 is 0 Å². The average molecular weight is 246 g/mol. The summed E-state index contributed by atoms with van der Waals surface area (Å²) in [5, 5.41) is 19.5. The van der Waals surface area contributed by atoms with E-state index >= 15 is 0 Å². The number of nitro groups is 1. The summed E-state index contributed by atoms with van der Waals surface area (Å²) in [6.45, 7) is 0.353. The van der Waals surface area contributed by atoms with Gasteiger partial charge >= 0.3 is 0 Å². The van der Waals surface area contributed by atoms with Crippen molar-refractivity contribution in [2.75, 3.05) is 0 Å². The molecule has 1 aromatic heterocycles. The molecule has 0 spiro atoms. The van der Waals surface area contributed by atoms with Gasteiger partial charge in [0.2, 0.25) is 0 Å². The Bertz CT molecular complexity index is 548. The fraction of sp³-hybridized carbons (Fsp3) is 0.0909. The number of non-ortho nitro benzene ring substituents is 1. The van der Waals surface area contributed by atoms with Crippen LogP contribution in [-0.4, -0.2) is 21.0 Å². The van der Waals surface area contributed by atoms with Gasteiger partial charge < -0.3 is 5.32 Å². The number of aromatic nitrogens is 2. The zero-order valence-electron chi connectivity index (χ0n) is 9.29. The zero-order valence-corrected chi connectivity index (χ0v) is 9.29. The van der Waals surface area contributed by atoms with Gasteiger partial charge in [0.15, 0.2) is 0 Å². The van der Waals surface area contributed by atoms with E-state index in [0.29, 0.717) is 12.1 Å². The molecule has 18 heavy (non-hydrogen) atoms. The number of rotatable bonds is 4. The van der Waals surface area contributed by atoms with E-state index in [1.807, 2.05) is 0 Å². The van der Waals surface area contributed by atoms with Gasteiger partial charge in [-0.2, -0.15) is 5.10 Å². The Labute approximate surface area is 102 Å². The highest BCUT2D eigenvalue weighted by molar-refractivity contribution is 5.94. The Morgan fingerprint density at radius 2 is 2.11 bits per heavy atom. The Kier molecular flexibility index (Phi) is 3.33. The molecular formula is C11H10N4O3. The maximum absolute atomic E-state index is 11.7. The highest BCUT2D eigenvalue weighted by Crippen LogP contribution is 2.11. The number of benzene rings is 1. The molecule has 2 aromatic rings. The van der Waals surface area contributed by atoms with Gasteiger partial charge in [-0.25, -0.2) is 0 Å². The fourth-order valence-corrected chi connectivity index (χ4v) is 1.39. The van der Waals surface area contributed by atoms with Gasteiger partial charge in [0.25, 0.3) is 11.6 Å². The SMILES string of the molecule is O=C(NCc1cn[nH]c1)c1ccc([N+](=O)[O-])cc1. The molecule has 0 atom stereocenters. The van der Waals surface area contributed by atoms with Gasteiger partial charge in [0.1, 0.15) is 0 Å². The van der Waals surface area contributed by atoms with E-state index in [4.69, 9.17) is 0 Å². The summed E-state index contributed by atoms with van der Waals surface area (Å²) in [6, 6.07) is 5.44. The molecule has 0 aliphatic rings. The van der Waals surface area contributed by atoms with Gasteiger partial charge in [-0.15, -0.1) is 0 Å². The predicted molar refractivity (Wildman–Crippen MR) is 62.9 cm³/mol. The van der Waals surface area contributed by atoms with Gasteiger partial charge in [-0.1, -0.05) is 0 Å². The van der Waals surface area contributed by atoms with Crippen LogP contribution in [0.15, 0.2) is 36.7 Å². The monoisotopic (exact) mass is 246 g/mol. The zero-order chi connectivity index (χ0) is 13.0. The third kappa shape index (κ3) is 2.70. The lowest BCUT2D eigenvalue weighted by atomic mass is 10.2. The van der Waals surface area contributed by atoms with Crippen molar-refractivity contribution >= 4 is 11.6 Å². The Morgan fingerprint density at radius 1 is 1.39 bits per heavy atom.